The molecule has 3 heteroatoms. The molecule has 3 nitrogen and oxygen atoms in total. The summed E-state index contributed by atoms with van der Waals surface area (Å²) in [7, 11) is 0. The molecule has 0 aromatic heterocycles. The van der Waals surface area contributed by atoms with Crippen molar-refractivity contribution in [2.75, 3.05) is 26.3 Å². The molecule has 0 aromatic carbocycles. The Labute approximate surface area is 112 Å². The van der Waals surface area contributed by atoms with E-state index in [0.29, 0.717) is 13.2 Å². The average Bonchev–Trinajstić information content (AvgIpc) is 2.37. The van der Waals surface area contributed by atoms with Gasteiger partial charge in [0.15, 0.2) is 0 Å². The zero-order valence-corrected chi connectivity index (χ0v) is 13.2. The first-order chi connectivity index (χ1) is 7.97. The van der Waals surface area contributed by atoms with E-state index in [2.05, 4.69) is 46.9 Å². The molecule has 0 amide bonds. The van der Waals surface area contributed by atoms with Crippen molar-refractivity contribution in [3.05, 3.63) is 0 Å². The summed E-state index contributed by atoms with van der Waals surface area (Å²) in [6.45, 7) is 18.0. The second-order valence-corrected chi connectivity index (χ2v) is 8.08. The van der Waals surface area contributed by atoms with Crippen LogP contribution in [-0.4, -0.2) is 37.0 Å². The second kappa shape index (κ2) is 4.77. The molecule has 0 aromatic rings. The summed E-state index contributed by atoms with van der Waals surface area (Å²) in [5.74, 6) is 0. The van der Waals surface area contributed by atoms with E-state index in [1.54, 1.807) is 0 Å². The quantitative estimate of drug-likeness (QED) is 0.758. The first kappa shape index (κ1) is 15.9. The zero-order chi connectivity index (χ0) is 14.2. The van der Waals surface area contributed by atoms with Crippen LogP contribution in [0, 0.1) is 16.2 Å². The summed E-state index contributed by atoms with van der Waals surface area (Å²) in [5.41, 5.74) is -0.136. The van der Waals surface area contributed by atoms with Crippen LogP contribution in [0.25, 0.3) is 0 Å². The fourth-order valence-electron chi connectivity index (χ4n) is 3.13. The highest BCUT2D eigenvalue weighted by atomic mass is 16.5. The molecule has 0 bridgehead atoms. The fraction of sp³-hybridized carbons (Fsp3) is 1.00. The lowest BCUT2D eigenvalue weighted by Crippen LogP contribution is -2.54. The molecule has 2 N–H and O–H groups in total. The number of aliphatic hydroxyl groups excluding tert-OH is 1. The first-order valence-corrected chi connectivity index (χ1v) is 6.93. The third-order valence-corrected chi connectivity index (χ3v) is 4.80. The van der Waals surface area contributed by atoms with Crippen LogP contribution in [0.5, 0.6) is 0 Å². The fourth-order valence-corrected chi connectivity index (χ4v) is 3.13. The Morgan fingerprint density at radius 1 is 1.06 bits per heavy atom. The van der Waals surface area contributed by atoms with Crippen molar-refractivity contribution in [3.63, 3.8) is 0 Å². The normalized spacial score (nSPS) is 30.0. The van der Waals surface area contributed by atoms with Gasteiger partial charge in [0.25, 0.3) is 0 Å². The average molecular weight is 257 g/mol. The van der Waals surface area contributed by atoms with Crippen LogP contribution >= 0.6 is 0 Å². The number of hydrogen-bond donors (Lipinski definition) is 2. The van der Waals surface area contributed by atoms with Crippen molar-refractivity contribution in [1.29, 1.82) is 0 Å². The molecule has 0 radical (unpaired) electrons. The van der Waals surface area contributed by atoms with Gasteiger partial charge in [0.2, 0.25) is 0 Å². The predicted octanol–water partition coefficient (Wildman–Crippen LogP) is 2.44. The minimum absolute atomic E-state index is 0.0485. The molecule has 1 aliphatic rings. The molecule has 18 heavy (non-hydrogen) atoms. The van der Waals surface area contributed by atoms with Crippen LogP contribution in [0.3, 0.4) is 0 Å². The van der Waals surface area contributed by atoms with Gasteiger partial charge in [0.1, 0.15) is 5.60 Å². The van der Waals surface area contributed by atoms with Crippen LogP contribution in [-0.2, 0) is 4.74 Å². The summed E-state index contributed by atoms with van der Waals surface area (Å²) >= 11 is 0. The number of hydrogen-bond acceptors (Lipinski definition) is 3. The molecule has 0 spiro atoms. The van der Waals surface area contributed by atoms with Crippen LogP contribution in [0.1, 0.15) is 48.5 Å². The number of rotatable bonds is 1. The zero-order valence-electron chi connectivity index (χ0n) is 13.2. The van der Waals surface area contributed by atoms with Crippen LogP contribution in [0.2, 0.25) is 0 Å². The van der Waals surface area contributed by atoms with Gasteiger partial charge in [-0.1, -0.05) is 41.5 Å². The third kappa shape index (κ3) is 2.73. The smallest absolute Gasteiger partial charge is 0.101 e. The van der Waals surface area contributed by atoms with E-state index < -0.39 is 5.60 Å². The summed E-state index contributed by atoms with van der Waals surface area (Å²) in [6.07, 6.45) is 0. The van der Waals surface area contributed by atoms with Gasteiger partial charge >= 0.3 is 0 Å². The lowest BCUT2D eigenvalue weighted by Gasteiger charge is -2.53. The number of nitrogens with one attached hydrogen (secondary N) is 1. The largest absolute Gasteiger partial charge is 0.393 e. The molecule has 108 valence electrons. The molecule has 1 fully saturated rings. The Morgan fingerprint density at radius 3 is 1.94 bits per heavy atom. The van der Waals surface area contributed by atoms with E-state index >= 15 is 0 Å². The monoisotopic (exact) mass is 257 g/mol. The molecular formula is C15H31NO2. The van der Waals surface area contributed by atoms with E-state index in [0.717, 1.165) is 6.54 Å². The number of aliphatic hydroxyl groups is 1. The Kier molecular flexibility index (Phi) is 4.22. The highest BCUT2D eigenvalue weighted by Crippen LogP contribution is 2.52. The summed E-state index contributed by atoms with van der Waals surface area (Å²) in [6, 6.07) is 0. The Bertz CT molecular complexity index is 274. The van der Waals surface area contributed by atoms with Crippen LogP contribution in [0.15, 0.2) is 0 Å². The Morgan fingerprint density at radius 2 is 1.56 bits per heavy atom. The van der Waals surface area contributed by atoms with Gasteiger partial charge in [-0.2, -0.15) is 0 Å². The maximum Gasteiger partial charge on any atom is 0.101 e. The van der Waals surface area contributed by atoms with Gasteiger partial charge in [0.05, 0.1) is 13.2 Å². The molecule has 0 aliphatic carbocycles. The van der Waals surface area contributed by atoms with Crippen molar-refractivity contribution >= 4 is 0 Å². The standard InChI is InChI=1S/C15H31NO2/c1-12(2,3)15(13(4,5)6)9-16-8-14(7,10-17)18-11-15/h16-17H,8-11H2,1-7H3. The first-order valence-electron chi connectivity index (χ1n) is 6.93. The van der Waals surface area contributed by atoms with Crippen molar-refractivity contribution in [1.82, 2.24) is 5.32 Å². The van der Waals surface area contributed by atoms with E-state index in [4.69, 9.17) is 4.74 Å². The second-order valence-electron chi connectivity index (χ2n) is 8.08. The summed E-state index contributed by atoms with van der Waals surface area (Å²) in [5, 5.41) is 13.0. The third-order valence-electron chi connectivity index (χ3n) is 4.80. The van der Waals surface area contributed by atoms with Gasteiger partial charge < -0.3 is 15.2 Å². The maximum atomic E-state index is 9.49. The predicted molar refractivity (Wildman–Crippen MR) is 75.7 cm³/mol. The minimum Gasteiger partial charge on any atom is -0.393 e. The molecule has 1 heterocycles. The van der Waals surface area contributed by atoms with Crippen LogP contribution in [0.4, 0.5) is 0 Å². The molecule has 1 unspecified atom stereocenters. The van der Waals surface area contributed by atoms with Gasteiger partial charge in [0, 0.05) is 18.5 Å². The summed E-state index contributed by atoms with van der Waals surface area (Å²) < 4.78 is 6.10. The van der Waals surface area contributed by atoms with Crippen LogP contribution < -0.4 is 5.32 Å². The van der Waals surface area contributed by atoms with Gasteiger partial charge in [-0.15, -0.1) is 0 Å². The maximum absolute atomic E-state index is 9.49. The van der Waals surface area contributed by atoms with Crippen molar-refractivity contribution < 1.29 is 9.84 Å². The van der Waals surface area contributed by atoms with E-state index in [1.807, 2.05) is 6.92 Å². The van der Waals surface area contributed by atoms with Gasteiger partial charge in [-0.25, -0.2) is 0 Å². The Balaban J connectivity index is 3.09. The Hall–Kier alpha value is -0.120. The lowest BCUT2D eigenvalue weighted by atomic mass is 9.54. The van der Waals surface area contributed by atoms with E-state index in [9.17, 15) is 5.11 Å². The molecule has 1 aliphatic heterocycles. The number of ether oxygens (including phenoxy) is 1. The molecular weight excluding hydrogens is 226 g/mol. The molecule has 0 saturated carbocycles. The molecule has 1 atom stereocenters. The highest BCUT2D eigenvalue weighted by Gasteiger charge is 2.52. The van der Waals surface area contributed by atoms with Gasteiger partial charge in [-0.05, 0) is 17.8 Å². The molecule has 1 rings (SSSR count). The molecule has 1 saturated heterocycles. The lowest BCUT2D eigenvalue weighted by molar-refractivity contribution is -0.135. The van der Waals surface area contributed by atoms with E-state index in [-0.39, 0.29) is 22.9 Å². The van der Waals surface area contributed by atoms with Crippen molar-refractivity contribution in [2.45, 2.75) is 54.1 Å². The SMILES string of the molecule is CC1(CO)CNCC(C(C)(C)C)(C(C)(C)C)CO1. The topological polar surface area (TPSA) is 41.5 Å². The minimum atomic E-state index is -0.460. The van der Waals surface area contributed by atoms with Gasteiger partial charge in [-0.3, -0.25) is 0 Å². The van der Waals surface area contributed by atoms with Crippen molar-refractivity contribution in [3.8, 4) is 0 Å². The van der Waals surface area contributed by atoms with Crippen molar-refractivity contribution in [2.24, 2.45) is 16.2 Å². The van der Waals surface area contributed by atoms with E-state index in [1.165, 1.54) is 0 Å². The highest BCUT2D eigenvalue weighted by molar-refractivity contribution is 5.02. The summed E-state index contributed by atoms with van der Waals surface area (Å²) in [4.78, 5) is 0.